The van der Waals surface area contributed by atoms with Gasteiger partial charge in [-0.25, -0.2) is 0 Å². The smallest absolute Gasteiger partial charge is 0.324 e. The fourth-order valence-corrected chi connectivity index (χ4v) is 3.16. The van der Waals surface area contributed by atoms with E-state index in [1.165, 1.54) is 5.46 Å². The number of hydrogen-bond donors (Lipinski definition) is 1. The first-order valence-corrected chi connectivity index (χ1v) is 9.03. The standard InChI is InChI=1S/C22H20BNO3/c1-23-21-12-11-20(13-18(21)15-26-23)27-19-9-7-17(8-10-19)22(25)24-14-16-5-3-2-4-6-16/h2-13H,14-15H2,1H3,(H,24,25). The van der Waals surface area contributed by atoms with E-state index in [0.29, 0.717) is 24.5 Å². The van der Waals surface area contributed by atoms with Gasteiger partial charge in [0.15, 0.2) is 0 Å². The summed E-state index contributed by atoms with van der Waals surface area (Å²) in [5, 5.41) is 2.92. The van der Waals surface area contributed by atoms with Crippen LogP contribution >= 0.6 is 0 Å². The molecular formula is C22H20BNO3. The van der Waals surface area contributed by atoms with Gasteiger partial charge in [0.25, 0.3) is 5.91 Å². The van der Waals surface area contributed by atoms with Gasteiger partial charge < -0.3 is 14.7 Å². The molecule has 4 rings (SSSR count). The van der Waals surface area contributed by atoms with Crippen LogP contribution in [0.15, 0.2) is 72.8 Å². The van der Waals surface area contributed by atoms with Crippen LogP contribution in [0.4, 0.5) is 0 Å². The Morgan fingerprint density at radius 2 is 1.78 bits per heavy atom. The molecule has 134 valence electrons. The second-order valence-corrected chi connectivity index (χ2v) is 6.61. The van der Waals surface area contributed by atoms with Crippen LogP contribution in [0, 0.1) is 0 Å². The van der Waals surface area contributed by atoms with Gasteiger partial charge in [-0.1, -0.05) is 43.2 Å². The Balaban J connectivity index is 1.38. The number of nitrogens with one attached hydrogen (secondary N) is 1. The molecule has 0 aromatic heterocycles. The van der Waals surface area contributed by atoms with E-state index in [1.54, 1.807) is 12.1 Å². The molecule has 0 radical (unpaired) electrons. The van der Waals surface area contributed by atoms with E-state index in [0.717, 1.165) is 16.9 Å². The van der Waals surface area contributed by atoms with Crippen molar-refractivity contribution in [3.05, 3.63) is 89.5 Å². The van der Waals surface area contributed by atoms with Crippen LogP contribution in [-0.4, -0.2) is 12.8 Å². The third-order valence-corrected chi connectivity index (χ3v) is 4.69. The molecule has 4 nitrogen and oxygen atoms in total. The SMILES string of the molecule is CB1OCc2cc(Oc3ccc(C(=O)NCc4ccccc4)cc3)ccc21. The number of ether oxygens (including phenoxy) is 1. The van der Waals surface area contributed by atoms with E-state index in [1.807, 2.05) is 67.5 Å². The summed E-state index contributed by atoms with van der Waals surface area (Å²) in [6, 6.07) is 23.0. The van der Waals surface area contributed by atoms with Crippen molar-refractivity contribution < 1.29 is 14.2 Å². The van der Waals surface area contributed by atoms with Crippen molar-refractivity contribution in [3.8, 4) is 11.5 Å². The number of benzene rings is 3. The van der Waals surface area contributed by atoms with Crippen molar-refractivity contribution in [2.45, 2.75) is 20.0 Å². The molecular weight excluding hydrogens is 337 g/mol. The second-order valence-electron chi connectivity index (χ2n) is 6.61. The molecule has 0 fully saturated rings. The average molecular weight is 357 g/mol. The fourth-order valence-electron chi connectivity index (χ4n) is 3.16. The van der Waals surface area contributed by atoms with E-state index < -0.39 is 0 Å². The third-order valence-electron chi connectivity index (χ3n) is 4.69. The van der Waals surface area contributed by atoms with Gasteiger partial charge in [-0.15, -0.1) is 0 Å². The summed E-state index contributed by atoms with van der Waals surface area (Å²) in [5.41, 5.74) is 4.06. The van der Waals surface area contributed by atoms with Gasteiger partial charge in [-0.05, 0) is 53.0 Å². The minimum atomic E-state index is -0.103. The maximum Gasteiger partial charge on any atom is 0.324 e. The predicted molar refractivity (Wildman–Crippen MR) is 107 cm³/mol. The van der Waals surface area contributed by atoms with Crippen molar-refractivity contribution in [1.82, 2.24) is 5.32 Å². The molecule has 27 heavy (non-hydrogen) atoms. The lowest BCUT2D eigenvalue weighted by Crippen LogP contribution is -2.23. The molecule has 0 atom stereocenters. The van der Waals surface area contributed by atoms with Crippen LogP contribution in [-0.2, 0) is 17.8 Å². The molecule has 5 heteroatoms. The molecule has 3 aromatic carbocycles. The van der Waals surface area contributed by atoms with Gasteiger partial charge in [0.2, 0.25) is 0 Å². The predicted octanol–water partition coefficient (Wildman–Crippen LogP) is 3.77. The summed E-state index contributed by atoms with van der Waals surface area (Å²) >= 11 is 0. The van der Waals surface area contributed by atoms with Crippen LogP contribution in [0.1, 0.15) is 21.5 Å². The summed E-state index contributed by atoms with van der Waals surface area (Å²) in [6.07, 6.45) is 0. The number of amides is 1. The largest absolute Gasteiger partial charge is 0.457 e. The van der Waals surface area contributed by atoms with Crippen LogP contribution in [0.2, 0.25) is 6.82 Å². The molecule has 1 amide bonds. The van der Waals surface area contributed by atoms with Crippen molar-refractivity contribution in [2.75, 3.05) is 0 Å². The zero-order chi connectivity index (χ0) is 18.6. The van der Waals surface area contributed by atoms with Gasteiger partial charge in [-0.2, -0.15) is 0 Å². The number of rotatable bonds is 5. The minimum absolute atomic E-state index is 0.103. The van der Waals surface area contributed by atoms with Crippen molar-refractivity contribution >= 4 is 18.3 Å². The maximum atomic E-state index is 12.3. The van der Waals surface area contributed by atoms with E-state index in [4.69, 9.17) is 9.39 Å². The van der Waals surface area contributed by atoms with Crippen molar-refractivity contribution in [1.29, 1.82) is 0 Å². The molecule has 3 aromatic rings. The first-order chi connectivity index (χ1) is 13.2. The molecule has 1 N–H and O–H groups in total. The van der Waals surface area contributed by atoms with E-state index in [2.05, 4.69) is 5.32 Å². The zero-order valence-electron chi connectivity index (χ0n) is 15.1. The number of carbonyl (C=O) groups is 1. The van der Waals surface area contributed by atoms with Gasteiger partial charge in [0, 0.05) is 12.1 Å². The topological polar surface area (TPSA) is 47.6 Å². The van der Waals surface area contributed by atoms with Crippen molar-refractivity contribution in [3.63, 3.8) is 0 Å². The quantitative estimate of drug-likeness (QED) is 0.708. The van der Waals surface area contributed by atoms with E-state index in [-0.39, 0.29) is 12.8 Å². The Hall–Kier alpha value is -3.05. The highest BCUT2D eigenvalue weighted by molar-refractivity contribution is 6.67. The van der Waals surface area contributed by atoms with Gasteiger partial charge >= 0.3 is 6.92 Å². The lowest BCUT2D eigenvalue weighted by atomic mass is 9.64. The molecule has 1 heterocycles. The monoisotopic (exact) mass is 357 g/mol. The molecule has 0 saturated carbocycles. The lowest BCUT2D eigenvalue weighted by Gasteiger charge is -2.09. The van der Waals surface area contributed by atoms with Gasteiger partial charge in [0.05, 0.1) is 6.61 Å². The van der Waals surface area contributed by atoms with E-state index in [9.17, 15) is 4.79 Å². The Kier molecular flexibility index (Phi) is 4.94. The zero-order valence-corrected chi connectivity index (χ0v) is 15.1. The molecule has 1 aliphatic heterocycles. The second kappa shape index (κ2) is 7.68. The Labute approximate surface area is 159 Å². The van der Waals surface area contributed by atoms with Gasteiger partial charge in [0.1, 0.15) is 11.5 Å². The normalized spacial score (nSPS) is 12.6. The van der Waals surface area contributed by atoms with Crippen LogP contribution < -0.4 is 15.5 Å². The molecule has 0 aliphatic carbocycles. The lowest BCUT2D eigenvalue weighted by molar-refractivity contribution is 0.0951. The number of carbonyl (C=O) groups excluding carboxylic acids is 1. The van der Waals surface area contributed by atoms with Crippen molar-refractivity contribution in [2.24, 2.45) is 0 Å². The number of fused-ring (bicyclic) bond motifs is 1. The summed E-state index contributed by atoms with van der Waals surface area (Å²) in [7, 11) is 0. The highest BCUT2D eigenvalue weighted by atomic mass is 16.5. The first kappa shape index (κ1) is 17.4. The minimum Gasteiger partial charge on any atom is -0.457 e. The highest BCUT2D eigenvalue weighted by Gasteiger charge is 2.23. The Morgan fingerprint density at radius 3 is 2.56 bits per heavy atom. The molecule has 1 aliphatic rings. The van der Waals surface area contributed by atoms with Crippen LogP contribution in [0.5, 0.6) is 11.5 Å². The summed E-state index contributed by atoms with van der Waals surface area (Å²) in [6.45, 7) is 3.32. The molecule has 0 spiro atoms. The van der Waals surface area contributed by atoms with E-state index >= 15 is 0 Å². The average Bonchev–Trinajstić information content (AvgIpc) is 3.08. The number of hydrogen-bond acceptors (Lipinski definition) is 3. The maximum absolute atomic E-state index is 12.3. The fraction of sp³-hybridized carbons (Fsp3) is 0.136. The van der Waals surface area contributed by atoms with Crippen LogP contribution in [0.25, 0.3) is 0 Å². The highest BCUT2D eigenvalue weighted by Crippen LogP contribution is 2.24. The molecule has 0 saturated heterocycles. The molecule has 0 bridgehead atoms. The third kappa shape index (κ3) is 4.04. The summed E-state index contributed by atoms with van der Waals surface area (Å²) < 4.78 is 11.5. The Morgan fingerprint density at radius 1 is 1.04 bits per heavy atom. The molecule has 0 unspecified atom stereocenters. The first-order valence-electron chi connectivity index (χ1n) is 9.03. The van der Waals surface area contributed by atoms with Gasteiger partial charge in [-0.3, -0.25) is 4.79 Å². The van der Waals surface area contributed by atoms with Crippen LogP contribution in [0.3, 0.4) is 0 Å². The summed E-state index contributed by atoms with van der Waals surface area (Å²) in [5.74, 6) is 1.36. The summed E-state index contributed by atoms with van der Waals surface area (Å²) in [4.78, 5) is 12.3. The Bertz CT molecular complexity index is 942.